The lowest BCUT2D eigenvalue weighted by Gasteiger charge is -2.32. The van der Waals surface area contributed by atoms with Crippen LogP contribution in [0.2, 0.25) is 5.02 Å². The average molecular weight is 516 g/mol. The van der Waals surface area contributed by atoms with E-state index in [4.69, 9.17) is 16.3 Å². The standard InChI is InChI=1S/C27H30ClNO3S2/c1-29(14-2-5-18-8-11-20(28)12-9-18)22-17-19-10-13-21(22)25(19)32-26(30)27(31,23-6-3-15-33-23)24-7-4-16-34-24/h3-4,6-9,11-12,15-16,19,21-22,25,31H,2,5,10,13-14,17H2,1H3/t19?,21?,22-,25?/m1/s1. The molecular formula is C27H30ClNO3S2. The van der Waals surface area contributed by atoms with Crippen LogP contribution in [-0.2, 0) is 21.6 Å². The molecule has 0 saturated heterocycles. The van der Waals surface area contributed by atoms with Gasteiger partial charge in [-0.2, -0.15) is 0 Å². The van der Waals surface area contributed by atoms with Crippen molar-refractivity contribution in [2.24, 2.45) is 11.8 Å². The van der Waals surface area contributed by atoms with Crippen molar-refractivity contribution in [3.63, 3.8) is 0 Å². The first kappa shape index (κ1) is 24.0. The van der Waals surface area contributed by atoms with Gasteiger partial charge in [-0.3, -0.25) is 0 Å². The van der Waals surface area contributed by atoms with Gasteiger partial charge in [0.05, 0.1) is 9.75 Å². The highest BCUT2D eigenvalue weighted by atomic mass is 35.5. The van der Waals surface area contributed by atoms with Gasteiger partial charge < -0.3 is 14.7 Å². The molecule has 34 heavy (non-hydrogen) atoms. The zero-order valence-corrected chi connectivity index (χ0v) is 21.6. The highest BCUT2D eigenvalue weighted by Crippen LogP contribution is 2.49. The average Bonchev–Trinajstić information content (AvgIpc) is 3.65. The number of nitrogens with zero attached hydrogens (tertiary/aromatic N) is 1. The van der Waals surface area contributed by atoms with Gasteiger partial charge in [0.1, 0.15) is 6.10 Å². The SMILES string of the molecule is CN(CCCc1ccc(Cl)cc1)[C@@H]1CC2CCC1C2OC(=O)C(O)(c1cccs1)c1cccs1. The summed E-state index contributed by atoms with van der Waals surface area (Å²) in [5.74, 6) is 0.157. The molecule has 0 spiro atoms. The smallest absolute Gasteiger partial charge is 0.349 e. The zero-order valence-electron chi connectivity index (χ0n) is 19.2. The second-order valence-corrected chi connectivity index (χ2v) is 11.9. The quantitative estimate of drug-likeness (QED) is 0.356. The summed E-state index contributed by atoms with van der Waals surface area (Å²) >= 11 is 8.77. The summed E-state index contributed by atoms with van der Waals surface area (Å²) in [6.45, 7) is 1.01. The van der Waals surface area contributed by atoms with E-state index in [-0.39, 0.29) is 6.10 Å². The minimum absolute atomic E-state index is 0.123. The second-order valence-electron chi connectivity index (χ2n) is 9.55. The van der Waals surface area contributed by atoms with Crippen molar-refractivity contribution >= 4 is 40.2 Å². The fraction of sp³-hybridized carbons (Fsp3) is 0.444. The fourth-order valence-electron chi connectivity index (χ4n) is 5.77. The van der Waals surface area contributed by atoms with Gasteiger partial charge in [0, 0.05) is 17.0 Å². The molecule has 0 aliphatic heterocycles. The Bertz CT molecular complexity index is 1050. The first-order chi connectivity index (χ1) is 16.5. The van der Waals surface area contributed by atoms with Crippen LogP contribution in [0.5, 0.6) is 0 Å². The number of hydrogen-bond donors (Lipinski definition) is 1. The minimum Gasteiger partial charge on any atom is -0.459 e. The molecule has 2 fully saturated rings. The Hall–Kier alpha value is -1.70. The number of ether oxygens (including phenoxy) is 1. The molecule has 3 unspecified atom stereocenters. The van der Waals surface area contributed by atoms with Crippen LogP contribution in [0.3, 0.4) is 0 Å². The maximum absolute atomic E-state index is 13.5. The molecule has 2 aliphatic carbocycles. The predicted molar refractivity (Wildman–Crippen MR) is 139 cm³/mol. The van der Waals surface area contributed by atoms with Gasteiger partial charge in [-0.1, -0.05) is 35.9 Å². The number of thiophene rings is 2. The maximum atomic E-state index is 13.5. The molecule has 2 bridgehead atoms. The summed E-state index contributed by atoms with van der Waals surface area (Å²) in [6, 6.07) is 15.8. The van der Waals surface area contributed by atoms with Gasteiger partial charge in [-0.25, -0.2) is 4.79 Å². The van der Waals surface area contributed by atoms with Gasteiger partial charge in [0.2, 0.25) is 5.60 Å². The Morgan fingerprint density at radius 1 is 1.12 bits per heavy atom. The zero-order chi connectivity index (χ0) is 23.7. The fourth-order valence-corrected chi connectivity index (χ4v) is 7.61. The lowest BCUT2D eigenvalue weighted by Crippen LogP contribution is -2.42. The van der Waals surface area contributed by atoms with Gasteiger partial charge >= 0.3 is 5.97 Å². The number of halogens is 1. The molecule has 5 rings (SSSR count). The summed E-state index contributed by atoms with van der Waals surface area (Å²) < 4.78 is 6.16. The number of benzene rings is 1. The number of fused-ring (bicyclic) bond motifs is 2. The van der Waals surface area contributed by atoms with Crippen LogP contribution in [-0.4, -0.2) is 41.7 Å². The molecular weight excluding hydrogens is 486 g/mol. The molecule has 2 aromatic heterocycles. The third kappa shape index (κ3) is 4.59. The van der Waals surface area contributed by atoms with Gasteiger partial charge in [-0.05, 0) is 92.2 Å². The van der Waals surface area contributed by atoms with Crippen molar-refractivity contribution in [2.45, 2.75) is 49.9 Å². The molecule has 0 radical (unpaired) electrons. The van der Waals surface area contributed by atoms with Crippen LogP contribution in [0, 0.1) is 11.8 Å². The molecule has 180 valence electrons. The van der Waals surface area contributed by atoms with Gasteiger partial charge in [-0.15, -0.1) is 22.7 Å². The first-order valence-corrected chi connectivity index (χ1v) is 14.1. The lowest BCUT2D eigenvalue weighted by atomic mass is 9.94. The molecule has 4 nitrogen and oxygen atoms in total. The topological polar surface area (TPSA) is 49.8 Å². The van der Waals surface area contributed by atoms with E-state index < -0.39 is 11.6 Å². The monoisotopic (exact) mass is 515 g/mol. The Morgan fingerprint density at radius 3 is 2.41 bits per heavy atom. The van der Waals surface area contributed by atoms with Crippen molar-refractivity contribution in [3.8, 4) is 0 Å². The molecule has 1 aromatic carbocycles. The molecule has 7 heteroatoms. The highest BCUT2D eigenvalue weighted by molar-refractivity contribution is 7.12. The van der Waals surface area contributed by atoms with Crippen LogP contribution < -0.4 is 0 Å². The Labute approximate surface area is 214 Å². The van der Waals surface area contributed by atoms with Crippen LogP contribution in [0.4, 0.5) is 0 Å². The number of carbonyl (C=O) groups excluding carboxylic acids is 1. The van der Waals surface area contributed by atoms with Crippen molar-refractivity contribution < 1.29 is 14.6 Å². The Balaban J connectivity index is 1.23. The van der Waals surface area contributed by atoms with Crippen LogP contribution >= 0.6 is 34.3 Å². The third-order valence-electron chi connectivity index (χ3n) is 7.55. The van der Waals surface area contributed by atoms with E-state index in [1.807, 2.05) is 47.2 Å². The highest BCUT2D eigenvalue weighted by Gasteiger charge is 2.54. The van der Waals surface area contributed by atoms with E-state index in [0.717, 1.165) is 43.7 Å². The summed E-state index contributed by atoms with van der Waals surface area (Å²) in [5, 5.41) is 16.1. The first-order valence-electron chi connectivity index (χ1n) is 11.9. The number of hydrogen-bond acceptors (Lipinski definition) is 6. The van der Waals surface area contributed by atoms with E-state index in [2.05, 4.69) is 24.1 Å². The Kier molecular flexibility index (Phi) is 7.14. The number of carbonyl (C=O) groups is 1. The summed E-state index contributed by atoms with van der Waals surface area (Å²) in [4.78, 5) is 17.2. The minimum atomic E-state index is -1.73. The van der Waals surface area contributed by atoms with Crippen LogP contribution in [0.15, 0.2) is 59.3 Å². The normalized spacial score (nSPS) is 24.1. The van der Waals surface area contributed by atoms with E-state index in [1.165, 1.54) is 28.2 Å². The van der Waals surface area contributed by atoms with Gasteiger partial charge in [0.15, 0.2) is 0 Å². The number of aryl methyl sites for hydroxylation is 1. The summed E-state index contributed by atoms with van der Waals surface area (Å²) in [7, 11) is 2.19. The van der Waals surface area contributed by atoms with Crippen molar-refractivity contribution in [1.29, 1.82) is 0 Å². The largest absolute Gasteiger partial charge is 0.459 e. The number of aliphatic hydroxyl groups is 1. The van der Waals surface area contributed by atoms with Crippen molar-refractivity contribution in [3.05, 3.63) is 79.6 Å². The number of rotatable bonds is 9. The molecule has 2 saturated carbocycles. The molecule has 4 atom stereocenters. The molecule has 3 aromatic rings. The van der Waals surface area contributed by atoms with Crippen LogP contribution in [0.25, 0.3) is 0 Å². The van der Waals surface area contributed by atoms with Crippen molar-refractivity contribution in [2.75, 3.05) is 13.6 Å². The predicted octanol–water partition coefficient (Wildman–Crippen LogP) is 5.97. The molecule has 0 amide bonds. The van der Waals surface area contributed by atoms with E-state index in [1.54, 1.807) is 0 Å². The molecule has 2 heterocycles. The Morgan fingerprint density at radius 2 is 1.79 bits per heavy atom. The van der Waals surface area contributed by atoms with Gasteiger partial charge in [0.25, 0.3) is 0 Å². The van der Waals surface area contributed by atoms with Crippen LogP contribution in [0.1, 0.15) is 41.0 Å². The second kappa shape index (κ2) is 10.1. The lowest BCUT2D eigenvalue weighted by molar-refractivity contribution is -0.170. The third-order valence-corrected chi connectivity index (χ3v) is 9.75. The number of esters is 1. The van der Waals surface area contributed by atoms with E-state index >= 15 is 0 Å². The molecule has 1 N–H and O–H groups in total. The summed E-state index contributed by atoms with van der Waals surface area (Å²) in [5.41, 5.74) is -0.427. The summed E-state index contributed by atoms with van der Waals surface area (Å²) in [6.07, 6.45) is 5.20. The van der Waals surface area contributed by atoms with Crippen molar-refractivity contribution in [1.82, 2.24) is 4.90 Å². The van der Waals surface area contributed by atoms with E-state index in [9.17, 15) is 9.90 Å². The maximum Gasteiger partial charge on any atom is 0.349 e. The van der Waals surface area contributed by atoms with E-state index in [0.29, 0.717) is 27.6 Å². The molecule has 2 aliphatic rings.